The van der Waals surface area contributed by atoms with Gasteiger partial charge in [-0.15, -0.1) is 19.3 Å². The fourth-order valence-corrected chi connectivity index (χ4v) is 3.00. The van der Waals surface area contributed by atoms with E-state index < -0.39 is 0 Å². The second-order valence-electron chi connectivity index (χ2n) is 5.99. The van der Waals surface area contributed by atoms with E-state index in [0.717, 1.165) is 28.4 Å². The number of hydrogen-bond donors (Lipinski definition) is 0. The first-order valence-electron chi connectivity index (χ1n) is 8.54. The summed E-state index contributed by atoms with van der Waals surface area (Å²) in [6.45, 7) is 2.24. The van der Waals surface area contributed by atoms with Crippen LogP contribution in [0.25, 0.3) is 0 Å². The Kier molecular flexibility index (Phi) is 5.78. The van der Waals surface area contributed by atoms with Crippen LogP contribution in [0, 0.1) is 37.0 Å². The molecule has 0 amide bonds. The highest BCUT2D eigenvalue weighted by Gasteiger charge is 2.21. The number of nitrogens with zero attached hydrogens (tertiary/aromatic N) is 2. The zero-order valence-electron chi connectivity index (χ0n) is 15.0. The summed E-state index contributed by atoms with van der Waals surface area (Å²) < 4.78 is 11.6. The van der Waals surface area contributed by atoms with Crippen molar-refractivity contribution in [2.24, 2.45) is 0 Å². The van der Waals surface area contributed by atoms with Crippen LogP contribution in [0.4, 0.5) is 11.4 Å². The van der Waals surface area contributed by atoms with E-state index in [2.05, 4.69) is 28.7 Å². The van der Waals surface area contributed by atoms with Crippen molar-refractivity contribution in [3.05, 3.63) is 48.0 Å². The van der Waals surface area contributed by atoms with Crippen LogP contribution in [0.2, 0.25) is 0 Å². The van der Waals surface area contributed by atoms with Crippen molar-refractivity contribution in [1.82, 2.24) is 0 Å². The maximum Gasteiger partial charge on any atom is 0.161 e. The van der Waals surface area contributed by atoms with Gasteiger partial charge in [-0.3, -0.25) is 0 Å². The van der Waals surface area contributed by atoms with E-state index in [9.17, 15) is 0 Å². The van der Waals surface area contributed by atoms with E-state index in [-0.39, 0.29) is 6.61 Å². The van der Waals surface area contributed by atoms with Crippen LogP contribution >= 0.6 is 0 Å². The van der Waals surface area contributed by atoms with Crippen LogP contribution in [0.5, 0.6) is 11.5 Å². The van der Waals surface area contributed by atoms with Crippen molar-refractivity contribution in [1.29, 1.82) is 0 Å². The Labute approximate surface area is 160 Å². The van der Waals surface area contributed by atoms with E-state index in [1.807, 2.05) is 41.3 Å². The molecule has 0 aliphatic carbocycles. The summed E-state index contributed by atoms with van der Waals surface area (Å²) in [4.78, 5) is 4.08. The molecule has 0 saturated heterocycles. The quantitative estimate of drug-likeness (QED) is 0.743. The number of ether oxygens (including phenoxy) is 2. The molecule has 0 spiro atoms. The molecule has 2 aromatic carbocycles. The fraction of sp³-hybridized carbons (Fsp3) is 0.217. The maximum absolute atomic E-state index is 5.94. The summed E-state index contributed by atoms with van der Waals surface area (Å²) in [5.74, 6) is 9.39. The minimum absolute atomic E-state index is 0.222. The van der Waals surface area contributed by atoms with Crippen LogP contribution in [-0.4, -0.2) is 26.4 Å². The number of rotatable bonds is 6. The molecule has 0 aromatic heterocycles. The maximum atomic E-state index is 5.94. The first-order chi connectivity index (χ1) is 13.3. The summed E-state index contributed by atoms with van der Waals surface area (Å²) in [5, 5.41) is 0. The lowest BCUT2D eigenvalue weighted by molar-refractivity contribution is 0.286. The number of para-hydroxylation sites is 2. The van der Waals surface area contributed by atoms with Crippen molar-refractivity contribution < 1.29 is 9.47 Å². The van der Waals surface area contributed by atoms with Gasteiger partial charge in [0.2, 0.25) is 0 Å². The number of hydrogen-bond acceptors (Lipinski definition) is 4. The Morgan fingerprint density at radius 3 is 2.56 bits per heavy atom. The zero-order valence-corrected chi connectivity index (χ0v) is 15.0. The van der Waals surface area contributed by atoms with Gasteiger partial charge in [0.15, 0.2) is 6.73 Å². The minimum Gasteiger partial charge on any atom is -0.479 e. The van der Waals surface area contributed by atoms with Gasteiger partial charge in [-0.1, -0.05) is 29.9 Å². The molecule has 0 radical (unpaired) electrons. The summed E-state index contributed by atoms with van der Waals surface area (Å²) in [5.41, 5.74) is 2.98. The van der Waals surface area contributed by atoms with Crippen molar-refractivity contribution in [2.45, 2.75) is 6.54 Å². The predicted molar refractivity (Wildman–Crippen MR) is 109 cm³/mol. The molecule has 0 unspecified atom stereocenters. The summed E-state index contributed by atoms with van der Waals surface area (Å²) >= 11 is 0. The van der Waals surface area contributed by atoms with Crippen LogP contribution in [0.1, 0.15) is 5.56 Å². The molecule has 0 bridgehead atoms. The molecule has 0 saturated carbocycles. The Bertz CT molecular complexity index is 915. The lowest BCUT2D eigenvalue weighted by atomic mass is 10.1. The molecule has 0 N–H and O–H groups in total. The number of anilines is 2. The molecular weight excluding hydrogens is 336 g/mol. The van der Waals surface area contributed by atoms with Crippen molar-refractivity contribution >= 4 is 11.4 Å². The van der Waals surface area contributed by atoms with E-state index >= 15 is 0 Å². The molecule has 3 rings (SSSR count). The normalized spacial score (nSPS) is 12.0. The third-order valence-corrected chi connectivity index (χ3v) is 4.23. The van der Waals surface area contributed by atoms with Gasteiger partial charge in [-0.2, -0.15) is 0 Å². The number of fused-ring (bicyclic) bond motifs is 1. The van der Waals surface area contributed by atoms with Crippen LogP contribution in [-0.2, 0) is 6.54 Å². The summed E-state index contributed by atoms with van der Waals surface area (Å²) in [7, 11) is 0. The second kappa shape index (κ2) is 8.61. The fourth-order valence-electron chi connectivity index (χ4n) is 3.00. The first-order valence-corrected chi connectivity index (χ1v) is 8.54. The smallest absolute Gasteiger partial charge is 0.161 e. The minimum atomic E-state index is 0.222. The highest BCUT2D eigenvalue weighted by molar-refractivity contribution is 5.62. The van der Waals surface area contributed by atoms with Crippen molar-refractivity contribution in [3.63, 3.8) is 0 Å². The largest absolute Gasteiger partial charge is 0.479 e. The molecule has 4 heteroatoms. The third kappa shape index (κ3) is 4.12. The Hall–Kier alpha value is -3.68. The lowest BCUT2D eigenvalue weighted by Crippen LogP contribution is -2.32. The summed E-state index contributed by atoms with van der Waals surface area (Å²) in [6, 6.07) is 13.8. The average molecular weight is 356 g/mol. The Morgan fingerprint density at radius 2 is 1.81 bits per heavy atom. The number of benzene rings is 2. The van der Waals surface area contributed by atoms with Gasteiger partial charge in [0.05, 0.1) is 25.3 Å². The highest BCUT2D eigenvalue weighted by atomic mass is 16.5. The van der Waals surface area contributed by atoms with Crippen LogP contribution < -0.4 is 19.3 Å². The first kappa shape index (κ1) is 18.1. The molecular formula is C23H20N2O2. The van der Waals surface area contributed by atoms with Gasteiger partial charge in [0.25, 0.3) is 0 Å². The van der Waals surface area contributed by atoms with Gasteiger partial charge in [0, 0.05) is 11.3 Å². The average Bonchev–Trinajstić information content (AvgIpc) is 2.71. The van der Waals surface area contributed by atoms with Crippen LogP contribution in [0.15, 0.2) is 42.5 Å². The number of terminal acetylenes is 3. The molecule has 1 aliphatic rings. The predicted octanol–water partition coefficient (Wildman–Crippen LogP) is 3.13. The van der Waals surface area contributed by atoms with E-state index in [1.165, 1.54) is 0 Å². The van der Waals surface area contributed by atoms with Crippen LogP contribution in [0.3, 0.4) is 0 Å². The Balaban J connectivity index is 1.86. The van der Waals surface area contributed by atoms with Gasteiger partial charge >= 0.3 is 0 Å². The molecule has 1 aliphatic heterocycles. The third-order valence-electron chi connectivity index (χ3n) is 4.23. The second-order valence-corrected chi connectivity index (χ2v) is 5.99. The van der Waals surface area contributed by atoms with E-state index in [0.29, 0.717) is 26.4 Å². The monoisotopic (exact) mass is 356 g/mol. The van der Waals surface area contributed by atoms with E-state index in [1.54, 1.807) is 0 Å². The molecule has 0 atom stereocenters. The molecule has 27 heavy (non-hydrogen) atoms. The van der Waals surface area contributed by atoms with Gasteiger partial charge in [-0.05, 0) is 30.3 Å². The van der Waals surface area contributed by atoms with Gasteiger partial charge in [0.1, 0.15) is 18.1 Å². The summed E-state index contributed by atoms with van der Waals surface area (Å²) in [6.07, 6.45) is 16.3. The Morgan fingerprint density at radius 1 is 1.04 bits per heavy atom. The standard InChI is InChI=1S/C23H20N2O2/c1-4-13-24(14-5-2)20-11-12-22-19(16-20)17-25(18-27-22)21-9-7-8-10-23(21)26-15-6-3/h1-3,7-12,16H,13-15,17-18H2. The molecule has 2 aromatic rings. The van der Waals surface area contributed by atoms with Crippen molar-refractivity contribution in [3.8, 4) is 48.5 Å². The lowest BCUT2D eigenvalue weighted by Gasteiger charge is -2.32. The molecule has 0 fully saturated rings. The molecule has 1 heterocycles. The molecule has 134 valence electrons. The van der Waals surface area contributed by atoms with Gasteiger partial charge in [-0.25, -0.2) is 0 Å². The van der Waals surface area contributed by atoms with E-state index in [4.69, 9.17) is 28.7 Å². The topological polar surface area (TPSA) is 24.9 Å². The van der Waals surface area contributed by atoms with Gasteiger partial charge < -0.3 is 19.3 Å². The SMILES string of the molecule is C#CCOc1ccccc1N1COc2ccc(N(CC#C)CC#C)cc2C1. The highest BCUT2D eigenvalue weighted by Crippen LogP contribution is 2.35. The van der Waals surface area contributed by atoms with Crippen molar-refractivity contribution in [2.75, 3.05) is 36.2 Å². The molecule has 4 nitrogen and oxygen atoms in total. The zero-order chi connectivity index (χ0) is 19.1.